The van der Waals surface area contributed by atoms with Gasteiger partial charge in [-0.3, -0.25) is 4.57 Å². The van der Waals surface area contributed by atoms with Gasteiger partial charge in [-0.05, 0) is 76.3 Å². The number of ether oxygens (including phenoxy) is 3. The second kappa shape index (κ2) is 6.86. The maximum Gasteiger partial charge on any atom is 0.514 e. The number of aromatic nitrogens is 1. The molecular weight excluding hydrogens is 437 g/mol. The molecule has 0 aliphatic carbocycles. The van der Waals surface area contributed by atoms with Gasteiger partial charge in [-0.25, -0.2) is 9.59 Å². The van der Waals surface area contributed by atoms with Gasteiger partial charge >= 0.3 is 12.2 Å². The van der Waals surface area contributed by atoms with Crippen molar-refractivity contribution < 1.29 is 23.8 Å². The fourth-order valence-electron chi connectivity index (χ4n) is 2.06. The summed E-state index contributed by atoms with van der Waals surface area (Å²) in [6.07, 6.45) is 0.406. The van der Waals surface area contributed by atoms with E-state index in [-0.39, 0.29) is 0 Å². The molecule has 0 atom stereocenters. The highest BCUT2D eigenvalue weighted by Gasteiger charge is 2.22. The third-order valence-corrected chi connectivity index (χ3v) is 3.77. The quantitative estimate of drug-likeness (QED) is 0.327. The largest absolute Gasteiger partial charge is 0.514 e. The molecular formula is C18H22INO5. The minimum Gasteiger partial charge on any atom is -0.443 e. The summed E-state index contributed by atoms with van der Waals surface area (Å²) in [6, 6.07) is 5.07. The van der Waals surface area contributed by atoms with Gasteiger partial charge in [0.2, 0.25) is 0 Å². The number of nitrogens with zero attached hydrogens (tertiary/aromatic N) is 1. The molecule has 136 valence electrons. The van der Waals surface area contributed by atoms with Crippen molar-refractivity contribution in [1.29, 1.82) is 0 Å². The lowest BCUT2D eigenvalue weighted by Gasteiger charge is -2.20. The van der Waals surface area contributed by atoms with Crippen molar-refractivity contribution in [3.05, 3.63) is 28.0 Å². The van der Waals surface area contributed by atoms with Crippen molar-refractivity contribution in [2.75, 3.05) is 0 Å². The van der Waals surface area contributed by atoms with Crippen LogP contribution in [0.15, 0.2) is 24.4 Å². The van der Waals surface area contributed by atoms with E-state index in [9.17, 15) is 9.59 Å². The Morgan fingerprint density at radius 3 is 2.16 bits per heavy atom. The van der Waals surface area contributed by atoms with Crippen LogP contribution in [0, 0.1) is 3.57 Å². The second-order valence-corrected chi connectivity index (χ2v) is 8.74. The minimum atomic E-state index is -0.795. The van der Waals surface area contributed by atoms with Gasteiger partial charge in [-0.15, -0.1) is 0 Å². The van der Waals surface area contributed by atoms with Gasteiger partial charge in [0.05, 0.1) is 5.52 Å². The Balaban J connectivity index is 2.33. The predicted octanol–water partition coefficient (Wildman–Crippen LogP) is 5.34. The highest BCUT2D eigenvalue weighted by molar-refractivity contribution is 14.1. The smallest absolute Gasteiger partial charge is 0.443 e. The summed E-state index contributed by atoms with van der Waals surface area (Å²) in [5, 5.41) is 0.864. The lowest BCUT2D eigenvalue weighted by atomic mass is 10.2. The highest BCUT2D eigenvalue weighted by Crippen LogP contribution is 2.28. The van der Waals surface area contributed by atoms with E-state index in [0.717, 1.165) is 8.96 Å². The summed E-state index contributed by atoms with van der Waals surface area (Å²) < 4.78 is 18.1. The number of hydrogen-bond donors (Lipinski definition) is 0. The van der Waals surface area contributed by atoms with Crippen molar-refractivity contribution in [2.45, 2.75) is 52.7 Å². The van der Waals surface area contributed by atoms with E-state index in [1.54, 1.807) is 65.9 Å². The Bertz CT molecular complexity index is 811. The van der Waals surface area contributed by atoms with Gasteiger partial charge in [-0.1, -0.05) is 0 Å². The van der Waals surface area contributed by atoms with Crippen molar-refractivity contribution in [3.8, 4) is 5.75 Å². The molecule has 2 aromatic rings. The van der Waals surface area contributed by atoms with E-state index in [0.29, 0.717) is 11.3 Å². The molecule has 0 aliphatic heterocycles. The van der Waals surface area contributed by atoms with E-state index in [1.807, 2.05) is 0 Å². The zero-order valence-corrected chi connectivity index (χ0v) is 17.3. The molecule has 6 nitrogen and oxygen atoms in total. The number of benzene rings is 1. The van der Waals surface area contributed by atoms with Gasteiger partial charge in [0, 0.05) is 21.2 Å². The van der Waals surface area contributed by atoms with Crippen molar-refractivity contribution in [3.63, 3.8) is 0 Å². The van der Waals surface area contributed by atoms with Crippen LogP contribution in [-0.4, -0.2) is 28.0 Å². The normalized spacial score (nSPS) is 12.1. The molecule has 7 heteroatoms. The van der Waals surface area contributed by atoms with Crippen LogP contribution in [0.3, 0.4) is 0 Å². The molecule has 0 aliphatic rings. The molecule has 0 spiro atoms. The molecule has 0 unspecified atom stereocenters. The highest BCUT2D eigenvalue weighted by atomic mass is 127. The summed E-state index contributed by atoms with van der Waals surface area (Å²) >= 11 is 2.14. The Labute approximate surface area is 160 Å². The Kier molecular flexibility index (Phi) is 5.36. The van der Waals surface area contributed by atoms with Crippen LogP contribution in [-0.2, 0) is 9.47 Å². The van der Waals surface area contributed by atoms with Gasteiger partial charge in [0.1, 0.15) is 17.0 Å². The Morgan fingerprint density at radius 2 is 1.60 bits per heavy atom. The number of carbonyl (C=O) groups is 2. The lowest BCUT2D eigenvalue weighted by Crippen LogP contribution is -2.27. The first kappa shape index (κ1) is 19.6. The van der Waals surface area contributed by atoms with E-state index >= 15 is 0 Å². The average molecular weight is 459 g/mol. The maximum atomic E-state index is 12.4. The number of carbonyl (C=O) groups excluding carboxylic acids is 2. The molecule has 2 rings (SSSR count). The minimum absolute atomic E-state index is 0.293. The molecule has 0 saturated heterocycles. The Morgan fingerprint density at radius 1 is 1.00 bits per heavy atom. The summed E-state index contributed by atoms with van der Waals surface area (Å²) in [5.74, 6) is 0.293. The molecule has 1 aromatic carbocycles. The van der Waals surface area contributed by atoms with E-state index in [4.69, 9.17) is 14.2 Å². The summed E-state index contributed by atoms with van der Waals surface area (Å²) in [6.45, 7) is 10.7. The summed E-state index contributed by atoms with van der Waals surface area (Å²) in [4.78, 5) is 24.2. The van der Waals surface area contributed by atoms with Gasteiger partial charge in [0.15, 0.2) is 0 Å². The number of fused-ring (bicyclic) bond motifs is 1. The third kappa shape index (κ3) is 5.35. The van der Waals surface area contributed by atoms with Crippen LogP contribution >= 0.6 is 22.6 Å². The molecule has 0 radical (unpaired) electrons. The first-order valence-corrected chi connectivity index (χ1v) is 8.88. The second-order valence-electron chi connectivity index (χ2n) is 7.57. The molecule has 0 fully saturated rings. The number of rotatable bonds is 1. The fourth-order valence-corrected chi connectivity index (χ4v) is 2.79. The number of halogens is 1. The zero-order chi connectivity index (χ0) is 19.0. The van der Waals surface area contributed by atoms with E-state index in [2.05, 4.69) is 22.6 Å². The maximum absolute atomic E-state index is 12.4. The average Bonchev–Trinajstić information content (AvgIpc) is 2.71. The van der Waals surface area contributed by atoms with Gasteiger partial charge < -0.3 is 14.2 Å². The molecule has 1 aromatic heterocycles. The predicted molar refractivity (Wildman–Crippen MR) is 103 cm³/mol. The van der Waals surface area contributed by atoms with E-state index in [1.165, 1.54) is 4.57 Å². The molecule has 0 amide bonds. The van der Waals surface area contributed by atoms with Crippen LogP contribution in [0.25, 0.3) is 10.9 Å². The first-order chi connectivity index (χ1) is 11.4. The van der Waals surface area contributed by atoms with Gasteiger partial charge in [-0.2, -0.15) is 0 Å². The van der Waals surface area contributed by atoms with Crippen LogP contribution in [0.2, 0.25) is 0 Å². The molecule has 0 bridgehead atoms. The number of hydrogen-bond acceptors (Lipinski definition) is 5. The van der Waals surface area contributed by atoms with Crippen LogP contribution in [0.4, 0.5) is 9.59 Å². The van der Waals surface area contributed by atoms with Gasteiger partial charge in [0.25, 0.3) is 0 Å². The van der Waals surface area contributed by atoms with Crippen LogP contribution in [0.5, 0.6) is 5.75 Å². The topological polar surface area (TPSA) is 66.8 Å². The third-order valence-electron chi connectivity index (χ3n) is 2.91. The van der Waals surface area contributed by atoms with Crippen molar-refractivity contribution in [2.24, 2.45) is 0 Å². The van der Waals surface area contributed by atoms with Crippen LogP contribution in [0.1, 0.15) is 41.5 Å². The SMILES string of the molecule is CC(C)(C)OC(=O)Oc1ccc2c(I)cn(C(=O)OC(C)(C)C)c2c1. The zero-order valence-electron chi connectivity index (χ0n) is 15.2. The molecule has 0 saturated carbocycles. The molecule has 1 heterocycles. The fraction of sp³-hybridized carbons (Fsp3) is 0.444. The van der Waals surface area contributed by atoms with E-state index < -0.39 is 23.5 Å². The molecule has 25 heavy (non-hydrogen) atoms. The van der Waals surface area contributed by atoms with Crippen LogP contribution < -0.4 is 4.74 Å². The standard InChI is InChI=1S/C18H22INO5/c1-17(2,3)24-15(21)20-10-13(19)12-8-7-11(9-14(12)20)23-16(22)25-18(4,5)6/h7-10H,1-6H3. The summed E-state index contributed by atoms with van der Waals surface area (Å²) in [7, 11) is 0. The first-order valence-electron chi connectivity index (χ1n) is 7.80. The van der Waals surface area contributed by atoms with Crippen molar-refractivity contribution >= 4 is 45.7 Å². The molecule has 0 N–H and O–H groups in total. The summed E-state index contributed by atoms with van der Waals surface area (Å²) in [5.41, 5.74) is -0.656. The van der Waals surface area contributed by atoms with Crippen molar-refractivity contribution in [1.82, 2.24) is 4.57 Å². The monoisotopic (exact) mass is 459 g/mol. The Hall–Kier alpha value is -1.77. The lowest BCUT2D eigenvalue weighted by molar-refractivity contribution is 0.0206.